The third kappa shape index (κ3) is 2.79. The van der Waals surface area contributed by atoms with Crippen molar-refractivity contribution in [3.8, 4) is 0 Å². The van der Waals surface area contributed by atoms with E-state index in [1.807, 2.05) is 17.8 Å². The first kappa shape index (κ1) is 13.2. The highest BCUT2D eigenvalue weighted by Crippen LogP contribution is 2.08. The highest BCUT2D eigenvalue weighted by atomic mass is 16.5. The lowest BCUT2D eigenvalue weighted by molar-refractivity contribution is 0.0684. The van der Waals surface area contributed by atoms with E-state index in [4.69, 9.17) is 9.84 Å². The van der Waals surface area contributed by atoms with Crippen LogP contribution in [0.15, 0.2) is 12.4 Å². The molecule has 0 amide bonds. The quantitative estimate of drug-likeness (QED) is 0.795. The molecule has 2 aromatic heterocycles. The predicted octanol–water partition coefficient (Wildman–Crippen LogP) is 0.0989. The standard InChI is InChI=1S/C11H15N5O3/c1-15-6-4-12-9(15)3-5-16-8(7-19-2)10(11(17)18)13-14-16/h4,6H,3,5,7H2,1-2H3,(H,17,18). The Kier molecular flexibility index (Phi) is 3.91. The van der Waals surface area contributed by atoms with Crippen molar-refractivity contribution in [2.45, 2.75) is 19.6 Å². The first-order chi connectivity index (χ1) is 9.13. The van der Waals surface area contributed by atoms with E-state index in [9.17, 15) is 4.79 Å². The van der Waals surface area contributed by atoms with Crippen LogP contribution in [0.3, 0.4) is 0 Å². The normalized spacial score (nSPS) is 10.8. The molecule has 102 valence electrons. The Morgan fingerprint density at radius 3 is 2.89 bits per heavy atom. The van der Waals surface area contributed by atoms with Crippen LogP contribution < -0.4 is 0 Å². The molecule has 19 heavy (non-hydrogen) atoms. The van der Waals surface area contributed by atoms with Gasteiger partial charge < -0.3 is 14.4 Å². The zero-order valence-electron chi connectivity index (χ0n) is 10.8. The molecular weight excluding hydrogens is 250 g/mol. The van der Waals surface area contributed by atoms with E-state index in [1.165, 1.54) is 7.11 Å². The summed E-state index contributed by atoms with van der Waals surface area (Å²) in [6, 6.07) is 0. The summed E-state index contributed by atoms with van der Waals surface area (Å²) in [7, 11) is 3.41. The van der Waals surface area contributed by atoms with Gasteiger partial charge in [-0.1, -0.05) is 5.21 Å². The van der Waals surface area contributed by atoms with Crippen LogP contribution in [0.2, 0.25) is 0 Å². The van der Waals surface area contributed by atoms with Gasteiger partial charge in [0.1, 0.15) is 5.82 Å². The topological polar surface area (TPSA) is 95.1 Å². The van der Waals surface area contributed by atoms with Gasteiger partial charge in [0.2, 0.25) is 0 Å². The van der Waals surface area contributed by atoms with Gasteiger partial charge in [-0.05, 0) is 0 Å². The Labute approximate surface area is 109 Å². The van der Waals surface area contributed by atoms with Crippen molar-refractivity contribution in [3.63, 3.8) is 0 Å². The van der Waals surface area contributed by atoms with Gasteiger partial charge >= 0.3 is 5.97 Å². The van der Waals surface area contributed by atoms with Crippen molar-refractivity contribution in [1.29, 1.82) is 0 Å². The first-order valence-electron chi connectivity index (χ1n) is 5.74. The summed E-state index contributed by atoms with van der Waals surface area (Å²) in [5.74, 6) is -0.203. The molecule has 1 N–H and O–H groups in total. The number of aromatic nitrogens is 5. The first-order valence-corrected chi connectivity index (χ1v) is 5.74. The Morgan fingerprint density at radius 1 is 1.53 bits per heavy atom. The summed E-state index contributed by atoms with van der Waals surface area (Å²) in [6.45, 7) is 0.666. The largest absolute Gasteiger partial charge is 0.476 e. The number of methoxy groups -OCH3 is 1. The second-order valence-corrected chi connectivity index (χ2v) is 4.05. The summed E-state index contributed by atoms with van der Waals surface area (Å²) in [5, 5.41) is 16.5. The molecule has 8 nitrogen and oxygen atoms in total. The van der Waals surface area contributed by atoms with Crippen LogP contribution in [0.1, 0.15) is 22.0 Å². The van der Waals surface area contributed by atoms with E-state index in [1.54, 1.807) is 10.9 Å². The molecule has 0 saturated carbocycles. The van der Waals surface area contributed by atoms with Crippen LogP contribution in [-0.2, 0) is 31.4 Å². The molecule has 0 spiro atoms. The molecule has 0 aliphatic heterocycles. The van der Waals surface area contributed by atoms with Gasteiger partial charge in [-0.2, -0.15) is 0 Å². The second-order valence-electron chi connectivity index (χ2n) is 4.05. The van der Waals surface area contributed by atoms with Crippen LogP contribution in [-0.4, -0.2) is 42.7 Å². The lowest BCUT2D eigenvalue weighted by Gasteiger charge is -2.06. The molecule has 0 unspecified atom stereocenters. The molecule has 0 aromatic carbocycles. The molecule has 2 rings (SSSR count). The van der Waals surface area contributed by atoms with Crippen LogP contribution in [0, 0.1) is 0 Å². The zero-order chi connectivity index (χ0) is 13.8. The maximum Gasteiger partial charge on any atom is 0.358 e. The maximum absolute atomic E-state index is 11.0. The molecule has 0 bridgehead atoms. The van der Waals surface area contributed by atoms with Crippen molar-refractivity contribution >= 4 is 5.97 Å². The number of hydrogen-bond donors (Lipinski definition) is 1. The summed E-state index contributed by atoms with van der Waals surface area (Å²) in [6.07, 6.45) is 4.22. The lowest BCUT2D eigenvalue weighted by atomic mass is 10.3. The monoisotopic (exact) mass is 265 g/mol. The van der Waals surface area contributed by atoms with Crippen molar-refractivity contribution in [2.75, 3.05) is 7.11 Å². The summed E-state index contributed by atoms with van der Waals surface area (Å²) in [5.41, 5.74) is 0.394. The summed E-state index contributed by atoms with van der Waals surface area (Å²) in [4.78, 5) is 15.2. The zero-order valence-corrected chi connectivity index (χ0v) is 10.8. The van der Waals surface area contributed by atoms with Crippen LogP contribution >= 0.6 is 0 Å². The van der Waals surface area contributed by atoms with E-state index in [0.717, 1.165) is 5.82 Å². The van der Waals surface area contributed by atoms with Gasteiger partial charge in [0, 0.05) is 33.0 Å². The SMILES string of the molecule is COCc1c(C(=O)O)nnn1CCc1nccn1C. The Morgan fingerprint density at radius 2 is 2.32 bits per heavy atom. The highest BCUT2D eigenvalue weighted by molar-refractivity contribution is 5.86. The summed E-state index contributed by atoms with van der Waals surface area (Å²) >= 11 is 0. The third-order valence-corrected chi connectivity index (χ3v) is 2.79. The van der Waals surface area contributed by atoms with Gasteiger partial charge in [0.15, 0.2) is 5.69 Å². The van der Waals surface area contributed by atoms with E-state index in [2.05, 4.69) is 15.3 Å². The fourth-order valence-electron chi connectivity index (χ4n) is 1.80. The third-order valence-electron chi connectivity index (χ3n) is 2.79. The van der Waals surface area contributed by atoms with Gasteiger partial charge in [-0.15, -0.1) is 5.10 Å². The molecule has 0 fully saturated rings. The van der Waals surface area contributed by atoms with Gasteiger partial charge in [-0.3, -0.25) is 0 Å². The molecule has 8 heteroatoms. The average molecular weight is 265 g/mol. The molecule has 0 radical (unpaired) electrons. The molecule has 0 saturated heterocycles. The number of carbonyl (C=O) groups is 1. The number of carboxylic acids is 1. The predicted molar refractivity (Wildman–Crippen MR) is 64.6 cm³/mol. The highest BCUT2D eigenvalue weighted by Gasteiger charge is 2.18. The van der Waals surface area contributed by atoms with E-state index < -0.39 is 5.97 Å². The van der Waals surface area contributed by atoms with Crippen LogP contribution in [0.4, 0.5) is 0 Å². The minimum Gasteiger partial charge on any atom is -0.476 e. The van der Waals surface area contributed by atoms with Gasteiger partial charge in [0.25, 0.3) is 0 Å². The number of rotatable bonds is 6. The number of imidazole rings is 1. The molecule has 0 aliphatic carbocycles. The van der Waals surface area contributed by atoms with Crippen molar-refractivity contribution in [3.05, 3.63) is 29.6 Å². The van der Waals surface area contributed by atoms with Gasteiger partial charge in [0.05, 0.1) is 18.8 Å². The van der Waals surface area contributed by atoms with Gasteiger partial charge in [-0.25, -0.2) is 14.5 Å². The minimum atomic E-state index is -1.10. The fraction of sp³-hybridized carbons (Fsp3) is 0.455. The van der Waals surface area contributed by atoms with Crippen molar-refractivity contribution in [1.82, 2.24) is 24.5 Å². The second kappa shape index (κ2) is 5.61. The number of carboxylic acid groups (broad SMARTS) is 1. The van der Waals surface area contributed by atoms with Crippen molar-refractivity contribution in [2.24, 2.45) is 7.05 Å². The molecule has 0 atom stereocenters. The molecule has 2 aromatic rings. The van der Waals surface area contributed by atoms with Crippen LogP contribution in [0.25, 0.3) is 0 Å². The lowest BCUT2D eigenvalue weighted by Crippen LogP contribution is -2.12. The minimum absolute atomic E-state index is 0.0679. The van der Waals surface area contributed by atoms with E-state index >= 15 is 0 Å². The smallest absolute Gasteiger partial charge is 0.358 e. The number of nitrogens with zero attached hydrogens (tertiary/aromatic N) is 5. The van der Waals surface area contributed by atoms with E-state index in [0.29, 0.717) is 18.7 Å². The Hall–Kier alpha value is -2.22. The number of ether oxygens (including phenoxy) is 1. The maximum atomic E-state index is 11.0. The molecule has 0 aliphatic rings. The fourth-order valence-corrected chi connectivity index (χ4v) is 1.80. The average Bonchev–Trinajstić information content (AvgIpc) is 2.94. The van der Waals surface area contributed by atoms with Crippen molar-refractivity contribution < 1.29 is 14.6 Å². The number of aromatic carboxylic acids is 1. The Bertz CT molecular complexity index is 575. The molecular formula is C11H15N5O3. The van der Waals surface area contributed by atoms with E-state index in [-0.39, 0.29) is 12.3 Å². The number of aryl methyl sites for hydroxylation is 3. The van der Waals surface area contributed by atoms with Crippen LogP contribution in [0.5, 0.6) is 0 Å². The Balaban J connectivity index is 2.16. The molecule has 2 heterocycles. The summed E-state index contributed by atoms with van der Waals surface area (Å²) < 4.78 is 8.44. The number of hydrogen-bond acceptors (Lipinski definition) is 5.